The molecule has 1 saturated carbocycles. The number of carbonyl (C=O) groups is 2. The molecule has 1 unspecified atom stereocenters. The van der Waals surface area contributed by atoms with E-state index in [1.165, 1.54) is 11.0 Å². The number of nitrogens with one attached hydrogen (secondary N) is 1. The molecule has 45 heavy (non-hydrogen) atoms. The number of carboxylic acid groups (broad SMARTS) is 1. The molecule has 1 aliphatic rings. The SMILES string of the molecule is C=CCCN(C(=O)c1nc(-c2nnc(C(CC=C)(OCc3ccccc3)C(F)(F)F)o2)c(NC(=O)O)cc1Br)C1CC(F)(F)C1. The number of anilines is 1. The van der Waals surface area contributed by atoms with Crippen molar-refractivity contribution in [1.82, 2.24) is 20.1 Å². The van der Waals surface area contributed by atoms with Gasteiger partial charge in [0.1, 0.15) is 5.69 Å². The quantitative estimate of drug-likeness (QED) is 0.140. The molecule has 0 spiro atoms. The van der Waals surface area contributed by atoms with E-state index < -0.39 is 79.1 Å². The van der Waals surface area contributed by atoms with Gasteiger partial charge in [-0.2, -0.15) is 13.2 Å². The zero-order valence-electron chi connectivity index (χ0n) is 23.5. The Morgan fingerprint density at radius 2 is 1.87 bits per heavy atom. The standard InChI is InChI=1S/C29H27BrF5N5O5/c1-3-5-12-40(18-14-27(31,32)15-18)24(41)21-19(30)13-20(36-26(42)43)22(37-21)23-38-39-25(45-23)28(11-4-2,29(33,34)35)44-16-17-9-7-6-8-10-17/h3-4,6-10,13,18,36H,1-2,5,11-12,14-16H2,(H,42,43). The van der Waals surface area contributed by atoms with Crippen LogP contribution in [0.15, 0.2) is 70.6 Å². The van der Waals surface area contributed by atoms with E-state index in [1.54, 1.807) is 30.3 Å². The normalized spacial score (nSPS) is 15.9. The molecule has 4 rings (SSSR count). The molecule has 2 amide bonds. The molecule has 1 fully saturated rings. The van der Waals surface area contributed by atoms with Crippen molar-refractivity contribution in [3.8, 4) is 11.6 Å². The van der Waals surface area contributed by atoms with E-state index in [2.05, 4.69) is 44.3 Å². The van der Waals surface area contributed by atoms with E-state index in [4.69, 9.17) is 9.15 Å². The minimum atomic E-state index is -5.09. The molecule has 0 radical (unpaired) electrons. The molecule has 240 valence electrons. The maximum atomic E-state index is 14.7. The lowest BCUT2D eigenvalue weighted by Crippen LogP contribution is -2.53. The van der Waals surface area contributed by atoms with Crippen LogP contribution >= 0.6 is 15.9 Å². The van der Waals surface area contributed by atoms with Crippen molar-refractivity contribution < 1.29 is 45.8 Å². The molecule has 2 heterocycles. The third-order valence-corrected chi connectivity index (χ3v) is 7.56. The van der Waals surface area contributed by atoms with Crippen molar-refractivity contribution >= 4 is 33.6 Å². The molecule has 0 saturated heterocycles. The number of hydrogen-bond acceptors (Lipinski definition) is 7. The van der Waals surface area contributed by atoms with Crippen molar-refractivity contribution in [2.75, 3.05) is 11.9 Å². The Kier molecular flexibility index (Phi) is 10.1. The number of hydrogen-bond donors (Lipinski definition) is 2. The highest BCUT2D eigenvalue weighted by Gasteiger charge is 2.61. The average molecular weight is 700 g/mol. The summed E-state index contributed by atoms with van der Waals surface area (Å²) in [5, 5.41) is 18.7. The van der Waals surface area contributed by atoms with Crippen molar-refractivity contribution in [1.29, 1.82) is 0 Å². The van der Waals surface area contributed by atoms with Gasteiger partial charge in [-0.1, -0.05) is 42.5 Å². The summed E-state index contributed by atoms with van der Waals surface area (Å²) in [4.78, 5) is 30.5. The number of aromatic nitrogens is 3. The molecule has 3 aromatic rings. The summed E-state index contributed by atoms with van der Waals surface area (Å²) in [6, 6.07) is 8.36. The van der Waals surface area contributed by atoms with Gasteiger partial charge >= 0.3 is 12.3 Å². The van der Waals surface area contributed by atoms with Crippen LogP contribution in [0, 0.1) is 0 Å². The fourth-order valence-electron chi connectivity index (χ4n) is 4.67. The third kappa shape index (κ3) is 7.39. The topological polar surface area (TPSA) is 131 Å². The second kappa shape index (κ2) is 13.4. The molecule has 2 N–H and O–H groups in total. The lowest BCUT2D eigenvalue weighted by molar-refractivity contribution is -0.295. The van der Waals surface area contributed by atoms with Crippen LogP contribution < -0.4 is 5.32 Å². The van der Waals surface area contributed by atoms with Gasteiger partial charge in [-0.05, 0) is 34.0 Å². The maximum absolute atomic E-state index is 14.7. The van der Waals surface area contributed by atoms with E-state index >= 15 is 0 Å². The Morgan fingerprint density at radius 3 is 2.44 bits per heavy atom. The van der Waals surface area contributed by atoms with Gasteiger partial charge < -0.3 is 19.2 Å². The Bertz CT molecular complexity index is 1560. The largest absolute Gasteiger partial charge is 0.465 e. The highest BCUT2D eigenvalue weighted by Crippen LogP contribution is 2.46. The Hall–Kier alpha value is -4.18. The van der Waals surface area contributed by atoms with Crippen LogP contribution in [-0.2, 0) is 16.9 Å². The smallest absolute Gasteiger partial charge is 0.426 e. The zero-order chi connectivity index (χ0) is 33.0. The van der Waals surface area contributed by atoms with Gasteiger partial charge in [0, 0.05) is 31.8 Å². The Balaban J connectivity index is 1.79. The number of ether oxygens (including phenoxy) is 1. The summed E-state index contributed by atoms with van der Waals surface area (Å²) < 4.78 is 82.2. The maximum Gasteiger partial charge on any atom is 0.426 e. The summed E-state index contributed by atoms with van der Waals surface area (Å²) in [6.07, 6.45) is -5.89. The number of halogens is 6. The average Bonchev–Trinajstić information content (AvgIpc) is 3.44. The van der Waals surface area contributed by atoms with Gasteiger partial charge in [0.25, 0.3) is 23.6 Å². The highest BCUT2D eigenvalue weighted by atomic mass is 79.9. The van der Waals surface area contributed by atoms with Gasteiger partial charge in [-0.3, -0.25) is 10.1 Å². The van der Waals surface area contributed by atoms with E-state index in [0.717, 1.165) is 12.1 Å². The van der Waals surface area contributed by atoms with E-state index in [-0.39, 0.29) is 28.8 Å². The minimum Gasteiger partial charge on any atom is -0.465 e. The molecular formula is C29H27BrF5N5O5. The van der Waals surface area contributed by atoms with Gasteiger partial charge in [-0.25, -0.2) is 18.6 Å². The third-order valence-electron chi connectivity index (χ3n) is 6.96. The van der Waals surface area contributed by atoms with Crippen LogP contribution in [0.3, 0.4) is 0 Å². The molecule has 10 nitrogen and oxygen atoms in total. The molecule has 1 aliphatic carbocycles. The molecule has 0 aliphatic heterocycles. The molecule has 1 atom stereocenters. The van der Waals surface area contributed by atoms with Crippen LogP contribution in [-0.4, -0.2) is 61.9 Å². The number of carbonyl (C=O) groups excluding carboxylic acids is 1. The number of benzene rings is 1. The van der Waals surface area contributed by atoms with Crippen molar-refractivity contribution in [3.05, 3.63) is 83.3 Å². The van der Waals surface area contributed by atoms with E-state index in [1.807, 2.05) is 5.32 Å². The Morgan fingerprint density at radius 1 is 1.18 bits per heavy atom. The monoisotopic (exact) mass is 699 g/mol. The summed E-state index contributed by atoms with van der Waals surface area (Å²) in [7, 11) is 0. The molecular weight excluding hydrogens is 673 g/mol. The zero-order valence-corrected chi connectivity index (χ0v) is 25.1. The summed E-state index contributed by atoms with van der Waals surface area (Å²) in [5.41, 5.74) is -3.89. The fourth-order valence-corrected chi connectivity index (χ4v) is 5.16. The van der Waals surface area contributed by atoms with Crippen molar-refractivity contribution in [2.45, 2.75) is 56.0 Å². The van der Waals surface area contributed by atoms with Crippen LogP contribution in [0.5, 0.6) is 0 Å². The first-order chi connectivity index (χ1) is 21.2. The first-order valence-electron chi connectivity index (χ1n) is 13.4. The lowest BCUT2D eigenvalue weighted by Gasteiger charge is -2.42. The van der Waals surface area contributed by atoms with Gasteiger partial charge in [0.05, 0.1) is 16.8 Å². The molecule has 1 aromatic carbocycles. The first-order valence-corrected chi connectivity index (χ1v) is 14.2. The number of nitrogens with zero attached hydrogens (tertiary/aromatic N) is 4. The van der Waals surface area contributed by atoms with Crippen molar-refractivity contribution in [2.24, 2.45) is 0 Å². The number of amides is 2. The fraction of sp³-hybridized carbons (Fsp3) is 0.345. The predicted molar refractivity (Wildman–Crippen MR) is 154 cm³/mol. The first kappa shape index (κ1) is 33.7. The highest BCUT2D eigenvalue weighted by molar-refractivity contribution is 9.10. The van der Waals surface area contributed by atoms with Crippen LogP contribution in [0.25, 0.3) is 11.6 Å². The van der Waals surface area contributed by atoms with Crippen LogP contribution in [0.1, 0.15) is 47.6 Å². The second-order valence-corrected chi connectivity index (χ2v) is 11.0. The summed E-state index contributed by atoms with van der Waals surface area (Å²) in [6.45, 7) is 6.53. The van der Waals surface area contributed by atoms with E-state index in [9.17, 15) is 36.6 Å². The van der Waals surface area contributed by atoms with Gasteiger partial charge in [-0.15, -0.1) is 23.4 Å². The number of rotatable bonds is 13. The number of pyridine rings is 1. The van der Waals surface area contributed by atoms with E-state index in [0.29, 0.717) is 5.56 Å². The van der Waals surface area contributed by atoms with Gasteiger partial charge in [0.2, 0.25) is 5.60 Å². The Labute approximate surface area is 262 Å². The van der Waals surface area contributed by atoms with Crippen molar-refractivity contribution in [3.63, 3.8) is 0 Å². The van der Waals surface area contributed by atoms with Gasteiger partial charge in [0.15, 0.2) is 5.69 Å². The molecule has 16 heteroatoms. The predicted octanol–water partition coefficient (Wildman–Crippen LogP) is 7.35. The summed E-state index contributed by atoms with van der Waals surface area (Å²) in [5.74, 6) is -5.44. The minimum absolute atomic E-state index is 0.0285. The second-order valence-electron chi connectivity index (χ2n) is 10.1. The van der Waals surface area contributed by atoms with Crippen LogP contribution in [0.4, 0.5) is 32.4 Å². The lowest BCUT2D eigenvalue weighted by atomic mass is 9.86. The molecule has 2 aromatic heterocycles. The molecule has 0 bridgehead atoms. The van der Waals surface area contributed by atoms with Crippen LogP contribution in [0.2, 0.25) is 0 Å². The summed E-state index contributed by atoms with van der Waals surface area (Å²) >= 11 is 3.16. The number of alkyl halides is 5.